The number of halogens is 7. The summed E-state index contributed by atoms with van der Waals surface area (Å²) in [5, 5.41) is 2.02. The van der Waals surface area contributed by atoms with Crippen LogP contribution < -0.4 is 5.32 Å². The third-order valence-corrected chi connectivity index (χ3v) is 4.06. The van der Waals surface area contributed by atoms with Gasteiger partial charge in [-0.25, -0.2) is 35.5 Å². The van der Waals surface area contributed by atoms with E-state index in [4.69, 9.17) is 0 Å². The highest BCUT2D eigenvalue weighted by Gasteiger charge is 2.30. The van der Waals surface area contributed by atoms with Crippen molar-refractivity contribution in [2.24, 2.45) is 5.92 Å². The zero-order valence-corrected chi connectivity index (χ0v) is 15.5. The SMILES string of the molecule is CC(C)[C@H](NC(=O)c1c(F)cccc1F)C(=O)OCc1c(F)c(F)c(F)c(F)c1F. The number of hydrogen-bond donors (Lipinski definition) is 1. The fourth-order valence-corrected chi connectivity index (χ4v) is 2.44. The van der Waals surface area contributed by atoms with Gasteiger partial charge in [0.15, 0.2) is 23.3 Å². The molecule has 0 spiro atoms. The minimum Gasteiger partial charge on any atom is -0.459 e. The van der Waals surface area contributed by atoms with Crippen LogP contribution in [-0.2, 0) is 16.1 Å². The second-order valence-electron chi connectivity index (χ2n) is 6.45. The Morgan fingerprint density at radius 1 is 0.867 bits per heavy atom. The minimum absolute atomic E-state index is 0.729. The fourth-order valence-electron chi connectivity index (χ4n) is 2.44. The number of carbonyl (C=O) groups is 2. The molecule has 2 aromatic carbocycles. The van der Waals surface area contributed by atoms with Crippen LogP contribution in [0.4, 0.5) is 30.7 Å². The van der Waals surface area contributed by atoms with Gasteiger partial charge in [-0.1, -0.05) is 19.9 Å². The summed E-state index contributed by atoms with van der Waals surface area (Å²) < 4.78 is 98.9. The lowest BCUT2D eigenvalue weighted by Crippen LogP contribution is -2.45. The van der Waals surface area contributed by atoms with Crippen molar-refractivity contribution in [2.45, 2.75) is 26.5 Å². The lowest BCUT2D eigenvalue weighted by molar-refractivity contribution is -0.148. The molecule has 1 N–H and O–H groups in total. The lowest BCUT2D eigenvalue weighted by Gasteiger charge is -2.21. The molecule has 0 saturated heterocycles. The number of benzene rings is 2. The normalized spacial score (nSPS) is 12.1. The molecule has 0 unspecified atom stereocenters. The fraction of sp³-hybridized carbons (Fsp3) is 0.263. The van der Waals surface area contributed by atoms with Crippen molar-refractivity contribution in [1.29, 1.82) is 0 Å². The number of carbonyl (C=O) groups excluding carboxylic acids is 2. The molecule has 0 saturated carbocycles. The number of amides is 1. The molecule has 1 atom stereocenters. The van der Waals surface area contributed by atoms with Gasteiger partial charge in [-0.3, -0.25) is 4.79 Å². The molecule has 162 valence electrons. The summed E-state index contributed by atoms with van der Waals surface area (Å²) in [5.74, 6) is -16.9. The quantitative estimate of drug-likeness (QED) is 0.320. The summed E-state index contributed by atoms with van der Waals surface area (Å²) in [6, 6.07) is 1.09. The van der Waals surface area contributed by atoms with E-state index in [1.54, 1.807) is 0 Å². The molecule has 11 heteroatoms. The van der Waals surface area contributed by atoms with Gasteiger partial charge >= 0.3 is 5.97 Å². The van der Waals surface area contributed by atoms with Gasteiger partial charge in [-0.15, -0.1) is 0 Å². The number of ether oxygens (including phenoxy) is 1. The Bertz CT molecular complexity index is 945. The van der Waals surface area contributed by atoms with E-state index >= 15 is 0 Å². The molecule has 2 rings (SSSR count). The maximum absolute atomic E-state index is 13.7. The summed E-state index contributed by atoms with van der Waals surface area (Å²) in [5.41, 5.74) is -2.37. The van der Waals surface area contributed by atoms with Crippen molar-refractivity contribution in [2.75, 3.05) is 0 Å². The molecule has 30 heavy (non-hydrogen) atoms. The monoisotopic (exact) mass is 437 g/mol. The Morgan fingerprint density at radius 3 is 1.80 bits per heavy atom. The summed E-state index contributed by atoms with van der Waals surface area (Å²) in [6.07, 6.45) is 0. The van der Waals surface area contributed by atoms with Crippen LogP contribution in [-0.4, -0.2) is 17.9 Å². The standard InChI is InChI=1S/C19H14F7NO3/c1-7(2)17(27-18(28)11-9(20)4-3-5-10(11)21)19(29)30-6-8-12(22)14(24)16(26)15(25)13(8)23/h3-5,7,17H,6H2,1-2H3,(H,27,28)/t17-/m0/s1. The first-order valence-electron chi connectivity index (χ1n) is 8.39. The maximum atomic E-state index is 13.7. The summed E-state index contributed by atoms with van der Waals surface area (Å²) >= 11 is 0. The first-order chi connectivity index (χ1) is 14.0. The third kappa shape index (κ3) is 4.55. The first-order valence-corrected chi connectivity index (χ1v) is 8.39. The summed E-state index contributed by atoms with van der Waals surface area (Å²) in [4.78, 5) is 24.4. The molecule has 0 aliphatic rings. The molecule has 0 aliphatic heterocycles. The van der Waals surface area contributed by atoms with Crippen molar-refractivity contribution < 1.29 is 45.1 Å². The number of rotatable bonds is 6. The second kappa shape index (κ2) is 9.14. The molecule has 0 aliphatic carbocycles. The van der Waals surface area contributed by atoms with E-state index < -0.39 is 82.3 Å². The molecule has 0 radical (unpaired) electrons. The van der Waals surface area contributed by atoms with Crippen LogP contribution in [0.25, 0.3) is 0 Å². The van der Waals surface area contributed by atoms with E-state index in [9.17, 15) is 40.3 Å². The van der Waals surface area contributed by atoms with Gasteiger partial charge in [0.1, 0.15) is 29.8 Å². The highest BCUT2D eigenvalue weighted by atomic mass is 19.2. The molecular weight excluding hydrogens is 423 g/mol. The van der Waals surface area contributed by atoms with E-state index in [-0.39, 0.29) is 0 Å². The molecular formula is C19H14F7NO3. The van der Waals surface area contributed by atoms with Crippen LogP contribution in [0.2, 0.25) is 0 Å². The lowest BCUT2D eigenvalue weighted by atomic mass is 10.0. The van der Waals surface area contributed by atoms with Crippen molar-refractivity contribution in [3.63, 3.8) is 0 Å². The maximum Gasteiger partial charge on any atom is 0.329 e. The summed E-state index contributed by atoms with van der Waals surface area (Å²) in [6.45, 7) is 1.47. The van der Waals surface area contributed by atoms with Crippen molar-refractivity contribution in [3.8, 4) is 0 Å². The van der Waals surface area contributed by atoms with Crippen LogP contribution in [0.15, 0.2) is 18.2 Å². The van der Waals surface area contributed by atoms with E-state index in [0.717, 1.165) is 18.2 Å². The molecule has 2 aromatic rings. The zero-order valence-electron chi connectivity index (χ0n) is 15.5. The van der Waals surface area contributed by atoms with Crippen LogP contribution in [0.1, 0.15) is 29.8 Å². The van der Waals surface area contributed by atoms with E-state index in [2.05, 4.69) is 4.74 Å². The molecule has 0 heterocycles. The predicted molar refractivity (Wildman–Crippen MR) is 88.5 cm³/mol. The van der Waals surface area contributed by atoms with Crippen LogP contribution in [0.3, 0.4) is 0 Å². The third-order valence-electron chi connectivity index (χ3n) is 4.06. The smallest absolute Gasteiger partial charge is 0.329 e. The van der Waals surface area contributed by atoms with Crippen molar-refractivity contribution >= 4 is 11.9 Å². The Hall–Kier alpha value is -3.11. The van der Waals surface area contributed by atoms with Crippen LogP contribution >= 0.6 is 0 Å². The second-order valence-corrected chi connectivity index (χ2v) is 6.45. The number of hydrogen-bond acceptors (Lipinski definition) is 3. The predicted octanol–water partition coefficient (Wildman–Crippen LogP) is 4.16. The Balaban J connectivity index is 2.21. The van der Waals surface area contributed by atoms with Gasteiger partial charge in [0.05, 0.1) is 5.56 Å². The number of esters is 1. The Kier molecular flexibility index (Phi) is 7.06. The van der Waals surface area contributed by atoms with E-state index in [1.807, 2.05) is 5.32 Å². The van der Waals surface area contributed by atoms with E-state index in [0.29, 0.717) is 0 Å². The van der Waals surface area contributed by atoms with Gasteiger partial charge in [0.25, 0.3) is 5.91 Å². The van der Waals surface area contributed by atoms with Gasteiger partial charge in [0.2, 0.25) is 5.82 Å². The average molecular weight is 437 g/mol. The highest BCUT2D eigenvalue weighted by Crippen LogP contribution is 2.24. The van der Waals surface area contributed by atoms with Crippen LogP contribution in [0.5, 0.6) is 0 Å². The van der Waals surface area contributed by atoms with Crippen LogP contribution in [0, 0.1) is 46.6 Å². The highest BCUT2D eigenvalue weighted by molar-refractivity contribution is 5.97. The first kappa shape index (κ1) is 23.2. The van der Waals surface area contributed by atoms with Crippen molar-refractivity contribution in [3.05, 3.63) is 70.0 Å². The van der Waals surface area contributed by atoms with Crippen molar-refractivity contribution in [1.82, 2.24) is 5.32 Å². The topological polar surface area (TPSA) is 55.4 Å². The molecule has 1 amide bonds. The number of nitrogens with one attached hydrogen (secondary N) is 1. The van der Waals surface area contributed by atoms with E-state index in [1.165, 1.54) is 13.8 Å². The van der Waals surface area contributed by atoms with Gasteiger partial charge in [-0.2, -0.15) is 0 Å². The molecule has 4 nitrogen and oxygen atoms in total. The average Bonchev–Trinajstić information content (AvgIpc) is 2.68. The Labute approximate surface area is 165 Å². The zero-order chi connectivity index (χ0) is 22.7. The Morgan fingerprint density at radius 2 is 1.33 bits per heavy atom. The molecule has 0 fully saturated rings. The largest absolute Gasteiger partial charge is 0.459 e. The molecule has 0 bridgehead atoms. The van der Waals surface area contributed by atoms with Gasteiger partial charge in [0, 0.05) is 0 Å². The summed E-state index contributed by atoms with van der Waals surface area (Å²) in [7, 11) is 0. The van der Waals surface area contributed by atoms with Gasteiger partial charge in [-0.05, 0) is 18.1 Å². The van der Waals surface area contributed by atoms with Gasteiger partial charge < -0.3 is 10.1 Å². The molecule has 0 aromatic heterocycles. The minimum atomic E-state index is -2.38.